The SMILES string of the molecule is CCOC(=O)C(C)OS(=O)(=O)CCCCS(=O)(=O)OC(C)C(=O)OCC. The number of hydrogen-bond donors (Lipinski definition) is 0. The molecule has 0 radical (unpaired) electrons. The minimum atomic E-state index is -4.02. The zero-order chi connectivity index (χ0) is 20.4. The Morgan fingerprint density at radius 1 is 0.731 bits per heavy atom. The van der Waals surface area contributed by atoms with Gasteiger partial charge in [-0.1, -0.05) is 0 Å². The molecule has 0 aliphatic heterocycles. The molecule has 0 saturated carbocycles. The van der Waals surface area contributed by atoms with Crippen molar-refractivity contribution in [2.75, 3.05) is 24.7 Å². The van der Waals surface area contributed by atoms with Gasteiger partial charge in [-0.25, -0.2) is 9.59 Å². The molecule has 0 N–H and O–H groups in total. The minimum absolute atomic E-state index is 0.0335. The zero-order valence-corrected chi connectivity index (χ0v) is 16.9. The van der Waals surface area contributed by atoms with E-state index in [0.29, 0.717) is 0 Å². The molecule has 0 rings (SSSR count). The van der Waals surface area contributed by atoms with Crippen LogP contribution >= 0.6 is 0 Å². The summed E-state index contributed by atoms with van der Waals surface area (Å²) in [5.74, 6) is -2.56. The summed E-state index contributed by atoms with van der Waals surface area (Å²) < 4.78 is 65.6. The van der Waals surface area contributed by atoms with E-state index >= 15 is 0 Å². The fourth-order valence-corrected chi connectivity index (χ4v) is 4.04. The third-order valence-corrected chi connectivity index (χ3v) is 5.60. The molecular weight excluding hydrogens is 392 g/mol. The van der Waals surface area contributed by atoms with E-state index in [1.54, 1.807) is 13.8 Å². The van der Waals surface area contributed by atoms with Crippen LogP contribution in [0.25, 0.3) is 0 Å². The summed E-state index contributed by atoms with van der Waals surface area (Å²) in [6, 6.07) is 0. The number of unbranched alkanes of at least 4 members (excludes halogenated alkanes) is 1. The van der Waals surface area contributed by atoms with Gasteiger partial charge in [-0.2, -0.15) is 16.8 Å². The first-order valence-electron chi connectivity index (χ1n) is 8.09. The lowest BCUT2D eigenvalue weighted by atomic mass is 10.4. The van der Waals surface area contributed by atoms with Crippen molar-refractivity contribution < 1.29 is 44.3 Å². The lowest BCUT2D eigenvalue weighted by Gasteiger charge is -2.13. The number of esters is 2. The molecule has 0 bridgehead atoms. The summed E-state index contributed by atoms with van der Waals surface area (Å²) in [5, 5.41) is 0. The van der Waals surface area contributed by atoms with Crippen LogP contribution in [0.5, 0.6) is 0 Å². The van der Waals surface area contributed by atoms with Gasteiger partial charge in [0.25, 0.3) is 20.2 Å². The Balaban J connectivity index is 4.34. The van der Waals surface area contributed by atoms with Crippen molar-refractivity contribution >= 4 is 32.2 Å². The van der Waals surface area contributed by atoms with Crippen LogP contribution in [-0.2, 0) is 47.7 Å². The number of hydrogen-bond acceptors (Lipinski definition) is 10. The van der Waals surface area contributed by atoms with Gasteiger partial charge >= 0.3 is 11.9 Å². The highest BCUT2D eigenvalue weighted by Gasteiger charge is 2.25. The van der Waals surface area contributed by atoms with Crippen LogP contribution in [0.2, 0.25) is 0 Å². The highest BCUT2D eigenvalue weighted by molar-refractivity contribution is 7.87. The topological polar surface area (TPSA) is 139 Å². The Kier molecular flexibility index (Phi) is 10.9. The molecular formula is C14H26O10S2. The van der Waals surface area contributed by atoms with E-state index in [9.17, 15) is 26.4 Å². The third kappa shape index (κ3) is 10.7. The van der Waals surface area contributed by atoms with Gasteiger partial charge < -0.3 is 9.47 Å². The normalized spacial score (nSPS) is 14.5. The summed E-state index contributed by atoms with van der Waals surface area (Å²) in [4.78, 5) is 22.7. The number of rotatable bonds is 13. The van der Waals surface area contributed by atoms with Gasteiger partial charge in [0.1, 0.15) is 0 Å². The van der Waals surface area contributed by atoms with E-state index in [-0.39, 0.29) is 26.1 Å². The molecule has 0 aromatic heterocycles. The molecule has 0 aliphatic carbocycles. The lowest BCUT2D eigenvalue weighted by molar-refractivity contribution is -0.151. The molecule has 0 spiro atoms. The average molecular weight is 418 g/mol. The van der Waals surface area contributed by atoms with Crippen LogP contribution in [0.15, 0.2) is 0 Å². The number of carbonyl (C=O) groups excluding carboxylic acids is 2. The lowest BCUT2D eigenvalue weighted by Crippen LogP contribution is -2.28. The van der Waals surface area contributed by atoms with Gasteiger partial charge in [-0.15, -0.1) is 0 Å². The standard InChI is InChI=1S/C14H26O10S2/c1-5-21-13(15)11(3)23-25(17,18)9-7-8-10-26(19,20)24-12(4)14(16)22-6-2/h11-12H,5-10H2,1-4H3. The van der Waals surface area contributed by atoms with Gasteiger partial charge in [0, 0.05) is 0 Å². The number of carbonyl (C=O) groups is 2. The van der Waals surface area contributed by atoms with Crippen LogP contribution in [-0.4, -0.2) is 65.7 Å². The molecule has 12 heteroatoms. The van der Waals surface area contributed by atoms with Crippen molar-refractivity contribution in [2.24, 2.45) is 0 Å². The summed E-state index contributed by atoms with van der Waals surface area (Å²) in [6.07, 6.45) is -2.63. The van der Waals surface area contributed by atoms with Crippen LogP contribution in [0, 0.1) is 0 Å². The number of ether oxygens (including phenoxy) is 2. The van der Waals surface area contributed by atoms with Gasteiger partial charge in [0.2, 0.25) is 0 Å². The Morgan fingerprint density at radius 3 is 1.31 bits per heavy atom. The molecule has 0 aromatic rings. The van der Waals surface area contributed by atoms with Gasteiger partial charge in [0.15, 0.2) is 12.2 Å². The molecule has 0 aromatic carbocycles. The van der Waals surface area contributed by atoms with Crippen LogP contribution in [0.4, 0.5) is 0 Å². The second kappa shape index (κ2) is 11.5. The van der Waals surface area contributed by atoms with E-state index in [1.165, 1.54) is 13.8 Å². The summed E-state index contributed by atoms with van der Waals surface area (Å²) in [6.45, 7) is 5.81. The third-order valence-electron chi connectivity index (χ3n) is 2.86. The zero-order valence-electron chi connectivity index (χ0n) is 15.3. The molecule has 26 heavy (non-hydrogen) atoms. The monoisotopic (exact) mass is 418 g/mol. The van der Waals surface area contributed by atoms with Crippen molar-refractivity contribution in [1.29, 1.82) is 0 Å². The van der Waals surface area contributed by atoms with E-state index in [4.69, 9.17) is 0 Å². The van der Waals surface area contributed by atoms with Gasteiger partial charge in [-0.3, -0.25) is 8.37 Å². The second-order valence-corrected chi connectivity index (χ2v) is 8.64. The Hall–Kier alpha value is -1.24. The van der Waals surface area contributed by atoms with E-state index in [2.05, 4.69) is 17.8 Å². The first kappa shape index (κ1) is 24.8. The Labute approximate surface area is 154 Å². The summed E-state index contributed by atoms with van der Waals surface area (Å²) in [5.41, 5.74) is 0. The van der Waals surface area contributed by atoms with Crippen molar-refractivity contribution in [3.63, 3.8) is 0 Å². The maximum Gasteiger partial charge on any atom is 0.336 e. The highest BCUT2D eigenvalue weighted by Crippen LogP contribution is 2.09. The molecule has 0 heterocycles. The molecule has 0 saturated heterocycles. The van der Waals surface area contributed by atoms with Crippen LogP contribution in [0.3, 0.4) is 0 Å². The molecule has 0 amide bonds. The Bertz CT molecular complexity index is 595. The highest BCUT2D eigenvalue weighted by atomic mass is 32.2. The molecule has 154 valence electrons. The van der Waals surface area contributed by atoms with Gasteiger partial charge in [0.05, 0.1) is 24.7 Å². The molecule has 2 unspecified atom stereocenters. The fraction of sp³-hybridized carbons (Fsp3) is 0.857. The molecule has 10 nitrogen and oxygen atoms in total. The molecule has 0 aliphatic rings. The average Bonchev–Trinajstić information content (AvgIpc) is 2.51. The largest absolute Gasteiger partial charge is 0.464 e. The maximum atomic E-state index is 11.7. The smallest absolute Gasteiger partial charge is 0.336 e. The van der Waals surface area contributed by atoms with Crippen LogP contribution < -0.4 is 0 Å². The van der Waals surface area contributed by atoms with E-state index < -0.39 is 55.9 Å². The molecule has 0 fully saturated rings. The van der Waals surface area contributed by atoms with E-state index in [1.807, 2.05) is 0 Å². The van der Waals surface area contributed by atoms with E-state index in [0.717, 1.165) is 0 Å². The Morgan fingerprint density at radius 2 is 1.04 bits per heavy atom. The first-order valence-corrected chi connectivity index (χ1v) is 11.2. The summed E-state index contributed by atoms with van der Waals surface area (Å²) in [7, 11) is -8.03. The van der Waals surface area contributed by atoms with Crippen molar-refractivity contribution in [3.05, 3.63) is 0 Å². The molecule has 2 atom stereocenters. The first-order chi connectivity index (χ1) is 11.9. The summed E-state index contributed by atoms with van der Waals surface area (Å²) >= 11 is 0. The van der Waals surface area contributed by atoms with Crippen molar-refractivity contribution in [2.45, 2.75) is 52.7 Å². The van der Waals surface area contributed by atoms with Crippen molar-refractivity contribution in [1.82, 2.24) is 0 Å². The maximum absolute atomic E-state index is 11.7. The van der Waals surface area contributed by atoms with Crippen molar-refractivity contribution in [3.8, 4) is 0 Å². The predicted molar refractivity (Wildman–Crippen MR) is 91.2 cm³/mol. The predicted octanol–water partition coefficient (Wildman–Crippen LogP) is 0.363. The quantitative estimate of drug-likeness (QED) is 0.234. The minimum Gasteiger partial charge on any atom is -0.464 e. The van der Waals surface area contributed by atoms with Crippen LogP contribution in [0.1, 0.15) is 40.5 Å². The second-order valence-electron chi connectivity index (χ2n) is 5.21. The fourth-order valence-electron chi connectivity index (χ4n) is 1.69. The van der Waals surface area contributed by atoms with Gasteiger partial charge in [-0.05, 0) is 40.5 Å².